The quantitative estimate of drug-likeness (QED) is 0.571. The minimum Gasteiger partial charge on any atom is -0.497 e. The van der Waals surface area contributed by atoms with Crippen LogP contribution in [0.4, 0.5) is 0 Å². The van der Waals surface area contributed by atoms with Gasteiger partial charge in [-0.3, -0.25) is 14.4 Å². The van der Waals surface area contributed by atoms with Crippen molar-refractivity contribution in [3.8, 4) is 17.1 Å². The Balaban J connectivity index is 2.05. The number of furan rings is 1. The van der Waals surface area contributed by atoms with Gasteiger partial charge < -0.3 is 24.6 Å². The summed E-state index contributed by atoms with van der Waals surface area (Å²) in [4.78, 5) is 37.1. The van der Waals surface area contributed by atoms with Crippen LogP contribution >= 0.6 is 0 Å². The Kier molecular flexibility index (Phi) is 6.48. The van der Waals surface area contributed by atoms with Crippen LogP contribution in [0.25, 0.3) is 22.5 Å². The van der Waals surface area contributed by atoms with Gasteiger partial charge in [0.2, 0.25) is 22.8 Å². The summed E-state index contributed by atoms with van der Waals surface area (Å²) >= 11 is 0. The molecule has 0 aliphatic carbocycles. The average molecular weight is 426 g/mol. The first-order valence-electron chi connectivity index (χ1n) is 10.0. The van der Waals surface area contributed by atoms with E-state index in [0.717, 1.165) is 0 Å². The third-order valence-electron chi connectivity index (χ3n) is 5.31. The van der Waals surface area contributed by atoms with Crippen molar-refractivity contribution in [2.75, 3.05) is 7.11 Å². The van der Waals surface area contributed by atoms with E-state index in [1.165, 1.54) is 6.07 Å². The zero-order valence-electron chi connectivity index (χ0n) is 18.0. The molecule has 2 aromatic heterocycles. The summed E-state index contributed by atoms with van der Waals surface area (Å²) in [5.41, 5.74) is 6.45. The summed E-state index contributed by atoms with van der Waals surface area (Å²) in [6, 6.07) is 7.56. The molecule has 0 bridgehead atoms. The van der Waals surface area contributed by atoms with Gasteiger partial charge in [-0.1, -0.05) is 20.3 Å². The van der Waals surface area contributed by atoms with E-state index in [4.69, 9.17) is 19.3 Å². The highest BCUT2D eigenvalue weighted by molar-refractivity contribution is 5.92. The summed E-state index contributed by atoms with van der Waals surface area (Å²) in [5, 5.41) is 2.70. The first-order valence-corrected chi connectivity index (χ1v) is 10.0. The van der Waals surface area contributed by atoms with Crippen LogP contribution in [0.15, 0.2) is 44.0 Å². The molecule has 1 aromatic carbocycles. The van der Waals surface area contributed by atoms with Crippen molar-refractivity contribution in [2.24, 2.45) is 11.7 Å². The molecular formula is C23H26N2O6. The minimum atomic E-state index is -0.797. The number of nitrogens with two attached hydrogens (primary N) is 1. The standard InChI is InChI=1S/C23H26N2O6/c1-5-12(2)19(23(24)28)25-18(27)11-16-20(14-6-8-15(29-4)9-7-14)31-22-17(26)10-13(3)30-21(16)22/h6-10,12,19H,5,11H2,1-4H3,(H2,24,28)(H,25,27)/t12-,19-/m0/s1. The number of aryl methyl sites for hydroxylation is 1. The summed E-state index contributed by atoms with van der Waals surface area (Å²) < 4.78 is 16.8. The van der Waals surface area contributed by atoms with Gasteiger partial charge in [0.1, 0.15) is 23.3 Å². The first kappa shape index (κ1) is 22.1. The van der Waals surface area contributed by atoms with Crippen molar-refractivity contribution in [3.05, 3.63) is 51.9 Å². The lowest BCUT2D eigenvalue weighted by Gasteiger charge is -2.21. The van der Waals surface area contributed by atoms with Gasteiger partial charge in [0.05, 0.1) is 19.1 Å². The van der Waals surface area contributed by atoms with Crippen molar-refractivity contribution < 1.29 is 23.2 Å². The van der Waals surface area contributed by atoms with E-state index in [1.807, 2.05) is 13.8 Å². The Bertz CT molecular complexity index is 1160. The molecule has 0 aliphatic rings. The zero-order chi connectivity index (χ0) is 22.7. The SMILES string of the molecule is CC[C@H](C)[C@H](NC(=O)Cc1c(-c2ccc(OC)cc2)oc2c(=O)cc(C)oc12)C(N)=O. The fourth-order valence-corrected chi connectivity index (χ4v) is 3.41. The number of fused-ring (bicyclic) bond motifs is 1. The van der Waals surface area contributed by atoms with Crippen LogP contribution in [-0.2, 0) is 16.0 Å². The molecule has 164 valence electrons. The molecule has 0 saturated carbocycles. The van der Waals surface area contributed by atoms with E-state index >= 15 is 0 Å². The van der Waals surface area contributed by atoms with Crippen molar-refractivity contribution in [1.82, 2.24) is 5.32 Å². The Hall–Kier alpha value is -3.55. The van der Waals surface area contributed by atoms with E-state index in [-0.39, 0.29) is 28.9 Å². The summed E-state index contributed by atoms with van der Waals surface area (Å²) in [6.45, 7) is 5.40. The number of primary amides is 1. The Morgan fingerprint density at radius 1 is 1.16 bits per heavy atom. The monoisotopic (exact) mass is 426 g/mol. The molecule has 8 heteroatoms. The predicted octanol–water partition coefficient (Wildman–Crippen LogP) is 2.93. The van der Waals surface area contributed by atoms with Crippen molar-refractivity contribution in [3.63, 3.8) is 0 Å². The van der Waals surface area contributed by atoms with Crippen molar-refractivity contribution >= 4 is 23.0 Å². The lowest BCUT2D eigenvalue weighted by atomic mass is 9.98. The Morgan fingerprint density at radius 2 is 1.84 bits per heavy atom. The van der Waals surface area contributed by atoms with E-state index in [0.29, 0.717) is 34.8 Å². The van der Waals surface area contributed by atoms with Crippen LogP contribution in [0.5, 0.6) is 5.75 Å². The molecule has 0 saturated heterocycles. The molecular weight excluding hydrogens is 400 g/mol. The predicted molar refractivity (Wildman–Crippen MR) is 116 cm³/mol. The number of benzene rings is 1. The summed E-state index contributed by atoms with van der Waals surface area (Å²) in [6.07, 6.45) is 0.522. The lowest BCUT2D eigenvalue weighted by molar-refractivity contribution is -0.128. The van der Waals surface area contributed by atoms with Crippen molar-refractivity contribution in [2.45, 2.75) is 39.7 Å². The highest BCUT2D eigenvalue weighted by atomic mass is 16.5. The molecule has 2 heterocycles. The van der Waals surface area contributed by atoms with Gasteiger partial charge in [0, 0.05) is 11.6 Å². The number of hydrogen-bond acceptors (Lipinski definition) is 6. The maximum Gasteiger partial charge on any atom is 0.240 e. The average Bonchev–Trinajstić information content (AvgIpc) is 3.09. The molecule has 0 unspecified atom stereocenters. The van der Waals surface area contributed by atoms with E-state index in [1.54, 1.807) is 38.3 Å². The van der Waals surface area contributed by atoms with Gasteiger partial charge >= 0.3 is 0 Å². The van der Waals surface area contributed by atoms with Crippen LogP contribution in [-0.4, -0.2) is 25.0 Å². The van der Waals surface area contributed by atoms with Crippen molar-refractivity contribution in [1.29, 1.82) is 0 Å². The topological polar surface area (TPSA) is 125 Å². The van der Waals surface area contributed by atoms with E-state index in [9.17, 15) is 14.4 Å². The highest BCUT2D eigenvalue weighted by Crippen LogP contribution is 2.34. The summed E-state index contributed by atoms with van der Waals surface area (Å²) in [5.74, 6) is 0.253. The number of methoxy groups -OCH3 is 1. The molecule has 0 aliphatic heterocycles. The normalized spacial score (nSPS) is 13.0. The second kappa shape index (κ2) is 9.07. The van der Waals surface area contributed by atoms with E-state index in [2.05, 4.69) is 5.32 Å². The Morgan fingerprint density at radius 3 is 2.42 bits per heavy atom. The van der Waals surface area contributed by atoms with Crippen LogP contribution < -0.4 is 21.2 Å². The highest BCUT2D eigenvalue weighted by Gasteiger charge is 2.27. The van der Waals surface area contributed by atoms with E-state index < -0.39 is 17.9 Å². The summed E-state index contributed by atoms with van der Waals surface area (Å²) in [7, 11) is 1.56. The first-order chi connectivity index (χ1) is 14.7. The lowest BCUT2D eigenvalue weighted by Crippen LogP contribution is -2.48. The van der Waals surface area contributed by atoms with Gasteiger partial charge in [-0.2, -0.15) is 0 Å². The molecule has 0 spiro atoms. The number of carbonyl (C=O) groups excluding carboxylic acids is 2. The van der Waals surface area contributed by atoms with Crippen LogP contribution in [0, 0.1) is 12.8 Å². The van der Waals surface area contributed by atoms with Gasteiger partial charge in [0.25, 0.3) is 0 Å². The number of amides is 2. The number of rotatable bonds is 8. The number of hydrogen-bond donors (Lipinski definition) is 2. The molecule has 3 N–H and O–H groups in total. The van der Waals surface area contributed by atoms with Gasteiger partial charge in [-0.15, -0.1) is 0 Å². The number of nitrogens with one attached hydrogen (secondary N) is 1. The molecule has 31 heavy (non-hydrogen) atoms. The maximum atomic E-state index is 12.8. The smallest absolute Gasteiger partial charge is 0.240 e. The van der Waals surface area contributed by atoms with Gasteiger partial charge in [0.15, 0.2) is 5.58 Å². The van der Waals surface area contributed by atoms with Crippen LogP contribution in [0.3, 0.4) is 0 Å². The molecule has 0 fully saturated rings. The second-order valence-corrected chi connectivity index (χ2v) is 7.53. The third-order valence-corrected chi connectivity index (χ3v) is 5.31. The zero-order valence-corrected chi connectivity index (χ0v) is 18.0. The molecule has 3 rings (SSSR count). The van der Waals surface area contributed by atoms with Crippen LogP contribution in [0.1, 0.15) is 31.6 Å². The Labute approximate surface area is 179 Å². The second-order valence-electron chi connectivity index (χ2n) is 7.53. The minimum absolute atomic E-state index is 0.0348. The van der Waals surface area contributed by atoms with Gasteiger partial charge in [-0.05, 0) is 37.1 Å². The fraction of sp³-hybridized carbons (Fsp3) is 0.348. The molecule has 0 radical (unpaired) electrons. The maximum absolute atomic E-state index is 12.8. The largest absolute Gasteiger partial charge is 0.497 e. The third kappa shape index (κ3) is 4.63. The number of ether oxygens (including phenoxy) is 1. The molecule has 3 aromatic rings. The fourth-order valence-electron chi connectivity index (χ4n) is 3.41. The van der Waals surface area contributed by atoms with Gasteiger partial charge in [-0.25, -0.2) is 0 Å². The molecule has 2 atom stereocenters. The molecule has 2 amide bonds. The van der Waals surface area contributed by atoms with Crippen LogP contribution in [0.2, 0.25) is 0 Å². The number of carbonyl (C=O) groups is 2. The molecule has 8 nitrogen and oxygen atoms in total.